The van der Waals surface area contributed by atoms with Gasteiger partial charge in [-0.1, -0.05) is 0 Å². The summed E-state index contributed by atoms with van der Waals surface area (Å²) in [7, 11) is 0. The minimum Gasteiger partial charge on any atom is -0.306 e. The topological polar surface area (TPSA) is 59.9 Å². The summed E-state index contributed by atoms with van der Waals surface area (Å²) < 4.78 is 37.4. The third kappa shape index (κ3) is 4.43. The summed E-state index contributed by atoms with van der Waals surface area (Å²) in [5, 5.41) is 20.8. The molecule has 1 heterocycles. The first-order chi connectivity index (χ1) is 8.45. The smallest absolute Gasteiger partial charge is 0.306 e. The molecule has 18 heavy (non-hydrogen) atoms. The van der Waals surface area contributed by atoms with Gasteiger partial charge in [0.2, 0.25) is 6.20 Å². The molecule has 0 aliphatic heterocycles. The summed E-state index contributed by atoms with van der Waals surface area (Å²) in [6, 6.07) is 4.05. The van der Waals surface area contributed by atoms with E-state index in [1.165, 1.54) is 6.07 Å². The van der Waals surface area contributed by atoms with Crippen LogP contribution in [0.15, 0.2) is 23.4 Å². The molecule has 0 aliphatic rings. The number of rotatable bonds is 5. The van der Waals surface area contributed by atoms with Gasteiger partial charge in [0, 0.05) is 23.8 Å². The highest BCUT2D eigenvalue weighted by atomic mass is 32.2. The molecule has 0 unspecified atom stereocenters. The minimum atomic E-state index is -4.47. The maximum absolute atomic E-state index is 12.3. The normalized spacial score (nSPS) is 11.2. The molecule has 0 bridgehead atoms. The Morgan fingerprint density at radius 2 is 2.17 bits per heavy atom. The summed E-state index contributed by atoms with van der Waals surface area (Å²) in [6.07, 6.45) is -3.50. The average Bonchev–Trinajstić information content (AvgIpc) is 2.29. The molecule has 98 valence electrons. The highest BCUT2D eigenvalue weighted by molar-refractivity contribution is 7.99. The van der Waals surface area contributed by atoms with Gasteiger partial charge < -0.3 is 5.32 Å². The number of pyridine rings is 1. The van der Waals surface area contributed by atoms with Crippen molar-refractivity contribution in [2.45, 2.75) is 17.6 Å². The van der Waals surface area contributed by atoms with Gasteiger partial charge in [0.15, 0.2) is 0 Å². The number of alkyl halides is 3. The Hall–Kier alpha value is -1.46. The quantitative estimate of drug-likeness (QED) is 0.283. The predicted molar refractivity (Wildman–Crippen MR) is 57.8 cm³/mol. The Labute approximate surface area is 106 Å². The van der Waals surface area contributed by atoms with E-state index in [0.29, 0.717) is 29.8 Å². The molecule has 0 amide bonds. The zero-order valence-electron chi connectivity index (χ0n) is 9.24. The van der Waals surface area contributed by atoms with Crippen molar-refractivity contribution in [2.75, 3.05) is 12.4 Å². The van der Waals surface area contributed by atoms with Crippen molar-refractivity contribution in [1.82, 2.24) is 5.32 Å². The Morgan fingerprint density at radius 1 is 1.44 bits per heavy atom. The van der Waals surface area contributed by atoms with Crippen molar-refractivity contribution in [2.24, 2.45) is 0 Å². The van der Waals surface area contributed by atoms with Gasteiger partial charge in [-0.2, -0.15) is 18.4 Å². The van der Waals surface area contributed by atoms with Crippen LogP contribution >= 0.6 is 11.8 Å². The molecule has 0 atom stereocenters. The van der Waals surface area contributed by atoms with Gasteiger partial charge >= 0.3 is 6.18 Å². The number of hydrogen-bond donors (Lipinski definition) is 2. The molecule has 0 saturated heterocycles. The van der Waals surface area contributed by atoms with Gasteiger partial charge in [-0.3, -0.25) is 5.21 Å². The maximum Gasteiger partial charge on any atom is 0.422 e. The molecule has 0 spiro atoms. The minimum absolute atomic E-state index is 0.285. The van der Waals surface area contributed by atoms with E-state index in [2.05, 4.69) is 5.32 Å². The zero-order valence-corrected chi connectivity index (χ0v) is 10.1. The second kappa shape index (κ2) is 6.47. The fourth-order valence-corrected chi connectivity index (χ4v) is 1.84. The molecule has 0 radical (unpaired) electrons. The molecular formula is C10H11F3N3OS+. The monoisotopic (exact) mass is 278 g/mol. The van der Waals surface area contributed by atoms with E-state index in [4.69, 9.17) is 5.26 Å². The van der Waals surface area contributed by atoms with Crippen LogP contribution in [0.3, 0.4) is 0 Å². The molecule has 1 rings (SSSR count). The van der Waals surface area contributed by atoms with Crippen molar-refractivity contribution < 1.29 is 23.1 Å². The summed E-state index contributed by atoms with van der Waals surface area (Å²) in [4.78, 5) is 0. The fourth-order valence-electron chi connectivity index (χ4n) is 1.10. The van der Waals surface area contributed by atoms with Crippen LogP contribution in [0, 0.1) is 11.3 Å². The standard InChI is InChI=1S/C10H11F3N3OS/c11-10(12,13)8-2-3-9(16(17)6-8)18-7-15-5-1-4-14/h2-3,6,15,17H,1,5,7H2/q+1. The first-order valence-corrected chi connectivity index (χ1v) is 5.96. The van der Waals surface area contributed by atoms with Crippen molar-refractivity contribution in [3.05, 3.63) is 23.9 Å². The Kier molecular flexibility index (Phi) is 5.25. The Morgan fingerprint density at radius 3 is 2.72 bits per heavy atom. The van der Waals surface area contributed by atoms with E-state index >= 15 is 0 Å². The van der Waals surface area contributed by atoms with Crippen LogP contribution in [-0.4, -0.2) is 17.6 Å². The van der Waals surface area contributed by atoms with E-state index in [1.54, 1.807) is 0 Å². The van der Waals surface area contributed by atoms with Gasteiger partial charge in [-0.25, -0.2) is 0 Å². The first kappa shape index (κ1) is 14.6. The first-order valence-electron chi connectivity index (χ1n) is 4.98. The third-order valence-electron chi connectivity index (χ3n) is 1.96. The Bertz CT molecular complexity index is 445. The van der Waals surface area contributed by atoms with Crippen molar-refractivity contribution in [1.29, 1.82) is 5.26 Å². The molecular weight excluding hydrogens is 267 g/mol. The number of aromatic nitrogens is 1. The third-order valence-corrected chi connectivity index (χ3v) is 2.92. The van der Waals surface area contributed by atoms with Crippen LogP contribution in [-0.2, 0) is 6.18 Å². The molecule has 0 aliphatic carbocycles. The average molecular weight is 278 g/mol. The van der Waals surface area contributed by atoms with Crippen LogP contribution in [0.4, 0.5) is 13.2 Å². The largest absolute Gasteiger partial charge is 0.422 e. The van der Waals surface area contributed by atoms with E-state index in [0.717, 1.165) is 17.8 Å². The van der Waals surface area contributed by atoms with Crippen LogP contribution < -0.4 is 10.0 Å². The van der Waals surface area contributed by atoms with Gasteiger partial charge in [-0.15, -0.1) is 0 Å². The number of halogens is 3. The molecule has 4 nitrogen and oxygen atoms in total. The number of hydrogen-bond acceptors (Lipinski definition) is 4. The molecule has 1 aromatic rings. The summed E-state index contributed by atoms with van der Waals surface area (Å²) in [5.41, 5.74) is -0.910. The lowest BCUT2D eigenvalue weighted by Crippen LogP contribution is -2.34. The van der Waals surface area contributed by atoms with Crippen LogP contribution in [0.5, 0.6) is 0 Å². The highest BCUT2D eigenvalue weighted by Crippen LogP contribution is 2.28. The fraction of sp³-hybridized carbons (Fsp3) is 0.400. The van der Waals surface area contributed by atoms with E-state index in [-0.39, 0.29) is 5.03 Å². The Balaban J connectivity index is 2.56. The van der Waals surface area contributed by atoms with E-state index < -0.39 is 11.7 Å². The molecule has 8 heteroatoms. The lowest BCUT2D eigenvalue weighted by molar-refractivity contribution is -0.932. The van der Waals surface area contributed by atoms with Crippen LogP contribution in [0.1, 0.15) is 12.0 Å². The van der Waals surface area contributed by atoms with Crippen molar-refractivity contribution in [3.8, 4) is 6.07 Å². The maximum atomic E-state index is 12.3. The zero-order chi connectivity index (χ0) is 13.6. The van der Waals surface area contributed by atoms with Crippen molar-refractivity contribution in [3.63, 3.8) is 0 Å². The van der Waals surface area contributed by atoms with Crippen molar-refractivity contribution >= 4 is 11.8 Å². The SMILES string of the molecule is N#CCCNCSc1ccc(C(F)(F)F)c[n+]1O. The number of thioether (sulfide) groups is 1. The van der Waals surface area contributed by atoms with Gasteiger partial charge in [0.05, 0.1) is 11.9 Å². The predicted octanol–water partition coefficient (Wildman–Crippen LogP) is 1.78. The summed E-state index contributed by atoms with van der Waals surface area (Å²) >= 11 is 1.14. The lowest BCUT2D eigenvalue weighted by Gasteiger charge is -2.04. The number of nitriles is 1. The molecule has 0 aromatic carbocycles. The molecule has 0 saturated carbocycles. The lowest BCUT2D eigenvalue weighted by atomic mass is 10.3. The second-order valence-corrected chi connectivity index (χ2v) is 4.29. The van der Waals surface area contributed by atoms with E-state index in [9.17, 15) is 18.4 Å². The van der Waals surface area contributed by atoms with Gasteiger partial charge in [0.25, 0.3) is 5.03 Å². The number of nitrogens with one attached hydrogen (secondary N) is 1. The molecule has 0 fully saturated rings. The summed E-state index contributed by atoms with van der Waals surface area (Å²) in [6.45, 7) is 0.496. The summed E-state index contributed by atoms with van der Waals surface area (Å²) in [5.74, 6) is 0.396. The second-order valence-electron chi connectivity index (χ2n) is 3.30. The molecule has 1 aromatic heterocycles. The van der Waals surface area contributed by atoms with Gasteiger partial charge in [-0.05, 0) is 17.8 Å². The van der Waals surface area contributed by atoms with Crippen LogP contribution in [0.2, 0.25) is 0 Å². The van der Waals surface area contributed by atoms with E-state index in [1.807, 2.05) is 6.07 Å². The highest BCUT2D eigenvalue weighted by Gasteiger charge is 2.34. The number of nitrogens with zero attached hydrogens (tertiary/aromatic N) is 2. The molecule has 2 N–H and O–H groups in total. The van der Waals surface area contributed by atoms with Gasteiger partial charge in [0.1, 0.15) is 5.56 Å². The van der Waals surface area contributed by atoms with Crippen LogP contribution in [0.25, 0.3) is 0 Å².